The van der Waals surface area contributed by atoms with Gasteiger partial charge in [-0.25, -0.2) is 12.7 Å². The monoisotopic (exact) mass is 578 g/mol. The van der Waals surface area contributed by atoms with Crippen LogP contribution in [0.2, 0.25) is 10.0 Å². The van der Waals surface area contributed by atoms with Crippen molar-refractivity contribution in [3.8, 4) is 0 Å². The van der Waals surface area contributed by atoms with Gasteiger partial charge >= 0.3 is 0 Å². The van der Waals surface area contributed by atoms with Crippen molar-refractivity contribution in [3.63, 3.8) is 0 Å². The first kappa shape index (κ1) is 30.7. The van der Waals surface area contributed by atoms with E-state index >= 15 is 0 Å². The molecule has 0 aromatic heterocycles. The van der Waals surface area contributed by atoms with Gasteiger partial charge in [0.25, 0.3) is 0 Å². The molecule has 0 saturated carbocycles. The van der Waals surface area contributed by atoms with Crippen LogP contribution in [0.5, 0.6) is 0 Å². The largest absolute Gasteiger partial charge is 0.330 e. The zero-order valence-corrected chi connectivity index (χ0v) is 25.6. The summed E-state index contributed by atoms with van der Waals surface area (Å²) < 4.78 is 27.0. The van der Waals surface area contributed by atoms with Crippen LogP contribution in [0.25, 0.3) is 0 Å². The van der Waals surface area contributed by atoms with Crippen molar-refractivity contribution < 1.29 is 13.2 Å². The summed E-state index contributed by atoms with van der Waals surface area (Å²) in [6.45, 7) is 13.2. The minimum atomic E-state index is -3.59. The van der Waals surface area contributed by atoms with Gasteiger partial charge in [0.1, 0.15) is 0 Å². The molecule has 4 atom stereocenters. The zero-order valence-electron chi connectivity index (χ0n) is 23.2. The molecule has 2 aromatic carbocycles. The first-order chi connectivity index (χ1) is 17.7. The molecule has 3 rings (SSSR count). The summed E-state index contributed by atoms with van der Waals surface area (Å²) in [5.74, 6) is -0.0693. The molecule has 1 unspecified atom stereocenters. The molecule has 1 aliphatic heterocycles. The second kappa shape index (κ2) is 11.7. The minimum Gasteiger partial charge on any atom is -0.330 e. The lowest BCUT2D eigenvalue weighted by Gasteiger charge is -2.52. The van der Waals surface area contributed by atoms with Gasteiger partial charge in [-0.15, -0.1) is 6.58 Å². The van der Waals surface area contributed by atoms with E-state index in [2.05, 4.69) is 12.6 Å². The number of likely N-dealkylation sites (tertiary alicyclic amines) is 1. The van der Waals surface area contributed by atoms with Crippen LogP contribution in [0.3, 0.4) is 0 Å². The number of hydrogen-bond donors (Lipinski definition) is 0. The number of allylic oxidation sites excluding steroid dienone is 1. The van der Waals surface area contributed by atoms with Crippen molar-refractivity contribution in [2.45, 2.75) is 76.6 Å². The SMILES string of the molecule is C=CCC1(C)C[C@H](c2cccc(Cl)c2)[C@@H](c2ccc(Cl)cc2)N([C@@H](CC)CN(C)S(=O)(=O)C(C)(C)C)C1=O. The summed E-state index contributed by atoms with van der Waals surface area (Å²) in [5.41, 5.74) is 1.29. The van der Waals surface area contributed by atoms with Crippen molar-refractivity contribution in [2.75, 3.05) is 13.6 Å². The molecule has 1 amide bonds. The number of carbonyl (C=O) groups is 1. The average Bonchev–Trinajstić information content (AvgIpc) is 2.84. The predicted molar refractivity (Wildman–Crippen MR) is 158 cm³/mol. The standard InChI is InChI=1S/C30H40Cl2N2O3S/c1-8-17-30(6)19-26(22-11-10-12-24(32)18-22)27(21-13-15-23(31)16-14-21)34(28(30)35)25(9-2)20-33(7)38(36,37)29(3,4)5/h8,10-16,18,25-27H,1,9,17,19-20H2,2-7H3/t25-,26+,27+,30?/m0/s1. The Hall–Kier alpha value is -1.86. The van der Waals surface area contributed by atoms with E-state index in [9.17, 15) is 13.2 Å². The third-order valence-corrected chi connectivity index (χ3v) is 10.7. The first-order valence-corrected chi connectivity index (χ1v) is 15.3. The molecule has 0 bridgehead atoms. The number of carbonyl (C=O) groups excluding carboxylic acids is 1. The highest BCUT2D eigenvalue weighted by atomic mass is 35.5. The molecule has 208 valence electrons. The highest BCUT2D eigenvalue weighted by Crippen LogP contribution is 2.52. The maximum absolute atomic E-state index is 14.4. The maximum Gasteiger partial charge on any atom is 0.229 e. The van der Waals surface area contributed by atoms with Crippen LogP contribution in [-0.4, -0.2) is 47.9 Å². The molecular formula is C30H40Cl2N2O3S. The molecule has 2 aromatic rings. The molecule has 38 heavy (non-hydrogen) atoms. The van der Waals surface area contributed by atoms with E-state index in [1.165, 1.54) is 4.31 Å². The van der Waals surface area contributed by atoms with Crippen LogP contribution >= 0.6 is 23.2 Å². The van der Waals surface area contributed by atoms with Crippen LogP contribution in [0.15, 0.2) is 61.2 Å². The highest BCUT2D eigenvalue weighted by Gasteiger charge is 2.51. The molecule has 1 heterocycles. The number of rotatable bonds is 9. The van der Waals surface area contributed by atoms with Crippen LogP contribution in [0, 0.1) is 5.41 Å². The number of likely N-dealkylation sites (N-methyl/N-ethyl adjacent to an activating group) is 1. The molecule has 8 heteroatoms. The lowest BCUT2D eigenvalue weighted by atomic mass is 9.67. The molecule has 1 aliphatic rings. The van der Waals surface area contributed by atoms with Crippen LogP contribution < -0.4 is 0 Å². The lowest BCUT2D eigenvalue weighted by Crippen LogP contribution is -2.58. The first-order valence-electron chi connectivity index (χ1n) is 13.1. The molecule has 0 spiro atoms. The second-order valence-corrected chi connectivity index (χ2v) is 15.3. The van der Waals surface area contributed by atoms with Gasteiger partial charge in [0.05, 0.1) is 16.2 Å². The fourth-order valence-electron chi connectivity index (χ4n) is 5.56. The summed E-state index contributed by atoms with van der Waals surface area (Å²) in [6, 6.07) is 14.7. The topological polar surface area (TPSA) is 57.7 Å². The van der Waals surface area contributed by atoms with Crippen molar-refractivity contribution >= 4 is 39.1 Å². The summed E-state index contributed by atoms with van der Waals surface area (Å²) >= 11 is 12.7. The number of amides is 1. The van der Waals surface area contributed by atoms with Crippen LogP contribution in [0.4, 0.5) is 0 Å². The van der Waals surface area contributed by atoms with E-state index in [0.29, 0.717) is 29.3 Å². The molecule has 0 N–H and O–H groups in total. The highest BCUT2D eigenvalue weighted by molar-refractivity contribution is 7.90. The van der Waals surface area contributed by atoms with Gasteiger partial charge < -0.3 is 4.90 Å². The van der Waals surface area contributed by atoms with E-state index < -0.39 is 20.2 Å². The van der Waals surface area contributed by atoms with Crippen LogP contribution in [-0.2, 0) is 14.8 Å². The van der Waals surface area contributed by atoms with Crippen LogP contribution in [0.1, 0.15) is 77.0 Å². The van der Waals surface area contributed by atoms with E-state index in [1.54, 1.807) is 33.9 Å². The Morgan fingerprint density at radius 1 is 1.13 bits per heavy atom. The number of piperidine rings is 1. The summed E-state index contributed by atoms with van der Waals surface area (Å²) in [6.07, 6.45) is 3.50. The van der Waals surface area contributed by atoms with Gasteiger partial charge in [0, 0.05) is 35.6 Å². The summed E-state index contributed by atoms with van der Waals surface area (Å²) in [4.78, 5) is 16.4. The quantitative estimate of drug-likeness (QED) is 0.290. The van der Waals surface area contributed by atoms with Gasteiger partial charge in [-0.1, -0.05) is 67.4 Å². The predicted octanol–water partition coefficient (Wildman–Crippen LogP) is 7.47. The van der Waals surface area contributed by atoms with Gasteiger partial charge in [-0.3, -0.25) is 4.79 Å². The number of benzene rings is 2. The van der Waals surface area contributed by atoms with Crippen molar-refractivity contribution in [3.05, 3.63) is 82.4 Å². The Morgan fingerprint density at radius 2 is 1.76 bits per heavy atom. The normalized spacial score (nSPS) is 23.5. The Bertz CT molecular complexity index is 1260. The van der Waals surface area contributed by atoms with E-state index in [-0.39, 0.29) is 30.5 Å². The fourth-order valence-corrected chi connectivity index (χ4v) is 7.19. The summed E-state index contributed by atoms with van der Waals surface area (Å²) in [7, 11) is -1.99. The summed E-state index contributed by atoms with van der Waals surface area (Å²) in [5, 5.41) is 1.25. The number of sulfonamides is 1. The number of halogens is 2. The Kier molecular flexibility index (Phi) is 9.45. The van der Waals surface area contributed by atoms with E-state index in [1.807, 2.05) is 61.2 Å². The lowest BCUT2D eigenvalue weighted by molar-refractivity contribution is -0.154. The van der Waals surface area contributed by atoms with E-state index in [0.717, 1.165) is 11.1 Å². The third-order valence-electron chi connectivity index (χ3n) is 7.70. The second-order valence-electron chi connectivity index (χ2n) is 11.6. The van der Waals surface area contributed by atoms with Gasteiger partial charge in [0.2, 0.25) is 15.9 Å². The smallest absolute Gasteiger partial charge is 0.229 e. The minimum absolute atomic E-state index is 0.00374. The Morgan fingerprint density at radius 3 is 2.29 bits per heavy atom. The van der Waals surface area contributed by atoms with Crippen molar-refractivity contribution in [1.82, 2.24) is 9.21 Å². The molecule has 0 radical (unpaired) electrons. The Labute approximate surface area is 238 Å². The molecule has 0 aliphatic carbocycles. The van der Waals surface area contributed by atoms with Gasteiger partial charge in [0.15, 0.2) is 0 Å². The molecule has 1 saturated heterocycles. The van der Waals surface area contributed by atoms with Gasteiger partial charge in [-0.05, 0) is 75.4 Å². The number of hydrogen-bond acceptors (Lipinski definition) is 3. The maximum atomic E-state index is 14.4. The van der Waals surface area contributed by atoms with Crippen molar-refractivity contribution in [1.29, 1.82) is 0 Å². The average molecular weight is 580 g/mol. The Balaban J connectivity index is 2.22. The van der Waals surface area contributed by atoms with Crippen molar-refractivity contribution in [2.24, 2.45) is 5.41 Å². The number of nitrogens with zero attached hydrogens (tertiary/aromatic N) is 2. The molecule has 5 nitrogen and oxygen atoms in total. The third kappa shape index (κ3) is 6.14. The fraction of sp³-hybridized carbons (Fsp3) is 0.500. The molecule has 1 fully saturated rings. The zero-order chi connectivity index (χ0) is 28.5. The molecular weight excluding hydrogens is 539 g/mol. The van der Waals surface area contributed by atoms with Gasteiger partial charge in [-0.2, -0.15) is 0 Å². The van der Waals surface area contributed by atoms with E-state index in [4.69, 9.17) is 23.2 Å².